The molecule has 2 heterocycles. The lowest BCUT2D eigenvalue weighted by atomic mass is 9.59. The number of nitrogens with zero attached hydrogens (tertiary/aromatic N) is 3. The van der Waals surface area contributed by atoms with Gasteiger partial charge < -0.3 is 4.42 Å². The van der Waals surface area contributed by atoms with E-state index >= 15 is 0 Å². The Balaban J connectivity index is 0.956. The third-order valence-electron chi connectivity index (χ3n) is 11.1. The van der Waals surface area contributed by atoms with E-state index in [-0.39, 0.29) is 16.4 Å². The van der Waals surface area contributed by atoms with Gasteiger partial charge in [-0.05, 0) is 74.8 Å². The lowest BCUT2D eigenvalue weighted by Crippen LogP contribution is -2.55. The lowest BCUT2D eigenvalue weighted by molar-refractivity contribution is 0.669. The molecule has 2 aromatic heterocycles. The highest BCUT2D eigenvalue weighted by Crippen LogP contribution is 2.36. The first-order chi connectivity index (χ1) is 29.3. The van der Waals surface area contributed by atoms with Crippen molar-refractivity contribution < 1.29 is 4.42 Å². The quantitative estimate of drug-likeness (QED) is 0.159. The van der Waals surface area contributed by atoms with E-state index in [1.807, 2.05) is 91.0 Å². The van der Waals surface area contributed by atoms with Crippen LogP contribution in [0.2, 0.25) is 0 Å². The van der Waals surface area contributed by atoms with E-state index in [2.05, 4.69) is 78.9 Å². The maximum Gasteiger partial charge on any atom is 0.164 e. The van der Waals surface area contributed by atoms with E-state index in [0.717, 1.165) is 77.6 Å². The molecule has 0 aliphatic rings. The standard InChI is InChI=1S/C51H28B5N3O/c52-44-43(45(53)47(55)48(56)46(44)54)33-20-18-31(19-21-33)30-14-16-32(17-15-30)36-22-24-39-40-25-23-38(28-42(40)60-41(39)27-36)51-58-49(34-10-5-2-6-11-34)57-50(59-51)37-13-7-12-35(26-37)29-8-3-1-4-9-29/h1-28H. The summed E-state index contributed by atoms with van der Waals surface area (Å²) in [6, 6.07) is 57.4. The number of benzene rings is 8. The van der Waals surface area contributed by atoms with Gasteiger partial charge in [-0.2, -0.15) is 0 Å². The summed E-state index contributed by atoms with van der Waals surface area (Å²) >= 11 is 0. The fraction of sp³-hybridized carbons (Fsp3) is 0. The smallest absolute Gasteiger partial charge is 0.164 e. The zero-order valence-electron chi connectivity index (χ0n) is 32.3. The van der Waals surface area contributed by atoms with Crippen LogP contribution in [0.15, 0.2) is 174 Å². The number of aromatic nitrogens is 3. The minimum atomic E-state index is 0.198. The second kappa shape index (κ2) is 15.2. The Morgan fingerprint density at radius 1 is 0.283 bits per heavy atom. The molecule has 8 aromatic carbocycles. The molecule has 0 aliphatic heterocycles. The van der Waals surface area contributed by atoms with Gasteiger partial charge in [0, 0.05) is 27.5 Å². The van der Waals surface area contributed by atoms with Crippen LogP contribution in [0.25, 0.3) is 101 Å². The summed E-state index contributed by atoms with van der Waals surface area (Å²) < 4.78 is 6.54. The monoisotopic (exact) mass is 753 g/mol. The summed E-state index contributed by atoms with van der Waals surface area (Å²) in [5, 5.41) is 2.04. The molecule has 10 rings (SSSR count). The molecule has 0 spiro atoms. The summed E-state index contributed by atoms with van der Waals surface area (Å²) in [5.41, 5.74) is 13.3. The van der Waals surface area contributed by atoms with Gasteiger partial charge >= 0.3 is 0 Å². The first-order valence-electron chi connectivity index (χ1n) is 19.5. The van der Waals surface area contributed by atoms with E-state index in [9.17, 15) is 0 Å². The highest BCUT2D eigenvalue weighted by atomic mass is 16.3. The van der Waals surface area contributed by atoms with E-state index in [0.29, 0.717) is 34.0 Å². The summed E-state index contributed by atoms with van der Waals surface area (Å²) in [7, 11) is 30.8. The Labute approximate surface area is 354 Å². The second-order valence-corrected chi connectivity index (χ2v) is 14.7. The number of hydrogen-bond donors (Lipinski definition) is 0. The van der Waals surface area contributed by atoms with Crippen molar-refractivity contribution in [3.05, 3.63) is 170 Å². The number of furan rings is 1. The molecule has 60 heavy (non-hydrogen) atoms. The van der Waals surface area contributed by atoms with Crippen LogP contribution in [0.4, 0.5) is 0 Å². The van der Waals surface area contributed by atoms with Gasteiger partial charge in [-0.25, -0.2) is 15.0 Å². The summed E-state index contributed by atoms with van der Waals surface area (Å²) in [4.78, 5) is 15.0. The van der Waals surface area contributed by atoms with Crippen LogP contribution in [-0.2, 0) is 0 Å². The Bertz CT molecular complexity index is 3210. The summed E-state index contributed by atoms with van der Waals surface area (Å²) in [6.45, 7) is 0. The van der Waals surface area contributed by atoms with Crippen LogP contribution in [0.5, 0.6) is 0 Å². The van der Waals surface area contributed by atoms with Gasteiger partial charge in [-0.3, -0.25) is 0 Å². The Morgan fingerprint density at radius 3 is 1.20 bits per heavy atom. The highest BCUT2D eigenvalue weighted by Gasteiger charge is 2.17. The number of fused-ring (bicyclic) bond motifs is 3. The van der Waals surface area contributed by atoms with Gasteiger partial charge in [0.15, 0.2) is 17.5 Å². The molecule has 10 radical (unpaired) electrons. The van der Waals surface area contributed by atoms with Crippen LogP contribution in [-0.4, -0.2) is 54.2 Å². The molecule has 0 fully saturated rings. The van der Waals surface area contributed by atoms with Crippen LogP contribution in [0, 0.1) is 0 Å². The van der Waals surface area contributed by atoms with Gasteiger partial charge in [0.25, 0.3) is 0 Å². The lowest BCUT2D eigenvalue weighted by Gasteiger charge is -2.21. The molecule has 0 bridgehead atoms. The third kappa shape index (κ3) is 6.76. The van der Waals surface area contributed by atoms with Gasteiger partial charge in [0.2, 0.25) is 0 Å². The van der Waals surface area contributed by atoms with Gasteiger partial charge in [-0.1, -0.05) is 150 Å². The highest BCUT2D eigenvalue weighted by molar-refractivity contribution is 6.68. The Kier molecular flexibility index (Phi) is 9.45. The zero-order chi connectivity index (χ0) is 40.9. The topological polar surface area (TPSA) is 51.8 Å². The van der Waals surface area contributed by atoms with Crippen molar-refractivity contribution in [1.82, 2.24) is 15.0 Å². The second-order valence-electron chi connectivity index (χ2n) is 14.7. The predicted octanol–water partition coefficient (Wildman–Crippen LogP) is 7.41. The largest absolute Gasteiger partial charge is 0.456 e. The summed E-state index contributed by atoms with van der Waals surface area (Å²) in [6.07, 6.45) is 0. The Hall–Kier alpha value is -7.11. The molecule has 0 unspecified atom stereocenters. The minimum Gasteiger partial charge on any atom is -0.456 e. The number of rotatable bonds is 7. The SMILES string of the molecule is [B]c1c([B])c([B])c(-c2ccc(-c3ccc(-c4ccc5c(c4)oc4cc(-c6nc(-c7ccccc7)nc(-c7cccc(-c8ccccc8)c7)n6)ccc45)cc3)cc2)c([B])c1[B]. The maximum atomic E-state index is 6.54. The van der Waals surface area contributed by atoms with Crippen molar-refractivity contribution in [2.75, 3.05) is 0 Å². The molecule has 0 saturated carbocycles. The Morgan fingerprint density at radius 2 is 0.633 bits per heavy atom. The minimum absolute atomic E-state index is 0.198. The summed E-state index contributed by atoms with van der Waals surface area (Å²) in [5.74, 6) is 1.76. The molecule has 0 atom stereocenters. The molecule has 0 N–H and O–H groups in total. The zero-order valence-corrected chi connectivity index (χ0v) is 32.3. The van der Waals surface area contributed by atoms with Crippen molar-refractivity contribution in [3.8, 4) is 78.7 Å². The van der Waals surface area contributed by atoms with Gasteiger partial charge in [0.1, 0.15) is 50.4 Å². The van der Waals surface area contributed by atoms with Crippen LogP contribution in [0.1, 0.15) is 0 Å². The van der Waals surface area contributed by atoms with E-state index in [1.165, 1.54) is 0 Å². The first kappa shape index (κ1) is 37.2. The molecule has 0 saturated heterocycles. The molecule has 0 amide bonds. The molecule has 268 valence electrons. The molecule has 10 aromatic rings. The van der Waals surface area contributed by atoms with E-state index < -0.39 is 0 Å². The fourth-order valence-corrected chi connectivity index (χ4v) is 7.76. The molecular formula is C51H28B5N3O. The third-order valence-corrected chi connectivity index (χ3v) is 11.1. The van der Waals surface area contributed by atoms with Crippen molar-refractivity contribution in [3.63, 3.8) is 0 Å². The van der Waals surface area contributed by atoms with Crippen molar-refractivity contribution in [1.29, 1.82) is 0 Å². The van der Waals surface area contributed by atoms with Crippen molar-refractivity contribution in [2.45, 2.75) is 0 Å². The average molecular weight is 753 g/mol. The van der Waals surface area contributed by atoms with Gasteiger partial charge in [-0.15, -0.1) is 16.4 Å². The normalized spacial score (nSPS) is 11.3. The van der Waals surface area contributed by atoms with E-state index in [1.54, 1.807) is 0 Å². The van der Waals surface area contributed by atoms with Gasteiger partial charge in [0.05, 0.1) is 0 Å². The van der Waals surface area contributed by atoms with Crippen LogP contribution in [0.3, 0.4) is 0 Å². The molecule has 0 aliphatic carbocycles. The van der Waals surface area contributed by atoms with Crippen LogP contribution >= 0.6 is 0 Å². The number of hydrogen-bond acceptors (Lipinski definition) is 4. The van der Waals surface area contributed by atoms with E-state index in [4.69, 9.17) is 58.6 Å². The average Bonchev–Trinajstić information content (AvgIpc) is 3.68. The van der Waals surface area contributed by atoms with Crippen molar-refractivity contribution >= 4 is 88.5 Å². The fourth-order valence-electron chi connectivity index (χ4n) is 7.76. The molecule has 9 heteroatoms. The maximum absolute atomic E-state index is 6.54. The first-order valence-corrected chi connectivity index (χ1v) is 19.5. The predicted molar refractivity (Wildman–Crippen MR) is 252 cm³/mol. The van der Waals surface area contributed by atoms with Crippen LogP contribution < -0.4 is 27.3 Å². The molecule has 4 nitrogen and oxygen atoms in total. The van der Waals surface area contributed by atoms with Crippen molar-refractivity contribution in [2.24, 2.45) is 0 Å². The molecular weight excluding hydrogens is 725 g/mol.